The van der Waals surface area contributed by atoms with Gasteiger partial charge >= 0.3 is 0 Å². The molecule has 0 saturated carbocycles. The lowest BCUT2D eigenvalue weighted by Crippen LogP contribution is -2.32. The summed E-state index contributed by atoms with van der Waals surface area (Å²) in [6.45, 7) is 1.54. The van der Waals surface area contributed by atoms with Crippen molar-refractivity contribution in [3.8, 4) is 0 Å². The van der Waals surface area contributed by atoms with Crippen LogP contribution in [0.25, 0.3) is 10.2 Å². The summed E-state index contributed by atoms with van der Waals surface area (Å²) in [5.74, 6) is -0.164. The molecule has 0 bridgehead atoms. The maximum absolute atomic E-state index is 13.4. The summed E-state index contributed by atoms with van der Waals surface area (Å²) >= 11 is 1.61. The third-order valence-corrected chi connectivity index (χ3v) is 8.58. The van der Waals surface area contributed by atoms with Gasteiger partial charge in [-0.3, -0.25) is 4.79 Å². The van der Waals surface area contributed by atoms with E-state index < -0.39 is 10.0 Å². The summed E-state index contributed by atoms with van der Waals surface area (Å²) < 4.78 is 34.8. The van der Waals surface area contributed by atoms with Gasteiger partial charge in [0.1, 0.15) is 5.01 Å². The van der Waals surface area contributed by atoms with E-state index in [1.165, 1.54) is 12.1 Å². The van der Waals surface area contributed by atoms with Gasteiger partial charge in [-0.2, -0.15) is 0 Å². The Kier molecular flexibility index (Phi) is 5.98. The number of hydrogen-bond acceptors (Lipinski definition) is 6. The van der Waals surface area contributed by atoms with E-state index in [1.54, 1.807) is 23.5 Å². The van der Waals surface area contributed by atoms with Gasteiger partial charge in [0.25, 0.3) is 5.91 Å². The minimum atomic E-state index is -3.72. The normalized spacial score (nSPS) is 21.4. The minimum absolute atomic E-state index is 0.0854. The summed E-state index contributed by atoms with van der Waals surface area (Å²) in [4.78, 5) is 20.0. The molecule has 7 nitrogen and oxygen atoms in total. The minimum Gasteiger partial charge on any atom is -0.377 e. The molecule has 2 aromatic carbocycles. The van der Waals surface area contributed by atoms with Crippen molar-refractivity contribution in [3.05, 3.63) is 59.1 Å². The van der Waals surface area contributed by atoms with Crippen LogP contribution in [-0.2, 0) is 14.8 Å². The number of para-hydroxylation sites is 1. The molecule has 2 saturated heterocycles. The second-order valence-corrected chi connectivity index (χ2v) is 11.0. The highest BCUT2D eigenvalue weighted by Crippen LogP contribution is 2.37. The van der Waals surface area contributed by atoms with E-state index in [-0.39, 0.29) is 29.5 Å². The van der Waals surface area contributed by atoms with Crippen molar-refractivity contribution in [2.75, 3.05) is 19.7 Å². The number of fused-ring (bicyclic) bond motifs is 1. The van der Waals surface area contributed by atoms with Crippen LogP contribution in [-0.4, -0.2) is 50.0 Å². The number of carbonyl (C=O) groups is 1. The summed E-state index contributed by atoms with van der Waals surface area (Å²) in [5, 5.41) is 0.930. The SMILES string of the molecule is O=C(c1cccc(S(=O)(=O)NC[C@H]2CCCO2)c1)N1CCC[C@@H]1c1nc2ccccc2s1. The number of carbonyl (C=O) groups excluding carboxylic acids is 1. The van der Waals surface area contributed by atoms with Crippen molar-refractivity contribution in [1.82, 2.24) is 14.6 Å². The quantitative estimate of drug-likeness (QED) is 0.592. The zero-order valence-electron chi connectivity index (χ0n) is 17.6. The number of amides is 1. The van der Waals surface area contributed by atoms with Gasteiger partial charge in [-0.05, 0) is 56.0 Å². The van der Waals surface area contributed by atoms with Crippen LogP contribution in [0.2, 0.25) is 0 Å². The number of thiazole rings is 1. The molecular weight excluding hydrogens is 446 g/mol. The van der Waals surface area contributed by atoms with Crippen molar-refractivity contribution in [2.45, 2.75) is 42.7 Å². The number of rotatable bonds is 6. The monoisotopic (exact) mass is 471 g/mol. The Balaban J connectivity index is 1.35. The fraction of sp³-hybridized carbons (Fsp3) is 0.391. The molecule has 3 heterocycles. The van der Waals surface area contributed by atoms with Crippen molar-refractivity contribution >= 4 is 37.5 Å². The first-order valence-corrected chi connectivity index (χ1v) is 13.2. The van der Waals surface area contributed by atoms with Crippen LogP contribution >= 0.6 is 11.3 Å². The summed E-state index contributed by atoms with van der Waals surface area (Å²) in [6, 6.07) is 14.2. The number of nitrogens with zero attached hydrogens (tertiary/aromatic N) is 2. The molecule has 0 spiro atoms. The van der Waals surface area contributed by atoms with Gasteiger partial charge in [0.2, 0.25) is 10.0 Å². The molecule has 0 unspecified atom stereocenters. The smallest absolute Gasteiger partial charge is 0.254 e. The van der Waals surface area contributed by atoms with Crippen molar-refractivity contribution < 1.29 is 17.9 Å². The number of aromatic nitrogens is 1. The van der Waals surface area contributed by atoms with E-state index in [0.29, 0.717) is 18.7 Å². The number of hydrogen-bond donors (Lipinski definition) is 1. The molecule has 32 heavy (non-hydrogen) atoms. The highest BCUT2D eigenvalue weighted by atomic mass is 32.2. The molecule has 2 fully saturated rings. The second kappa shape index (κ2) is 8.90. The number of likely N-dealkylation sites (tertiary alicyclic amines) is 1. The zero-order valence-corrected chi connectivity index (χ0v) is 19.2. The molecule has 1 aromatic heterocycles. The van der Waals surface area contributed by atoms with E-state index >= 15 is 0 Å². The predicted octanol–water partition coefficient (Wildman–Crippen LogP) is 3.73. The van der Waals surface area contributed by atoms with E-state index in [9.17, 15) is 13.2 Å². The van der Waals surface area contributed by atoms with Crippen LogP contribution < -0.4 is 4.72 Å². The molecule has 1 N–H and O–H groups in total. The second-order valence-electron chi connectivity index (χ2n) is 8.19. The first kappa shape index (κ1) is 21.5. The molecule has 1 amide bonds. The third-order valence-electron chi connectivity index (χ3n) is 6.03. The zero-order chi connectivity index (χ0) is 22.1. The highest BCUT2D eigenvalue weighted by Gasteiger charge is 2.33. The van der Waals surface area contributed by atoms with Crippen LogP contribution in [0.4, 0.5) is 0 Å². The fourth-order valence-electron chi connectivity index (χ4n) is 4.35. The molecule has 0 aliphatic carbocycles. The molecule has 0 radical (unpaired) electrons. The Bertz CT molecular complexity index is 1200. The Morgan fingerprint density at radius 1 is 1.16 bits per heavy atom. The van der Waals surface area contributed by atoms with E-state index in [4.69, 9.17) is 9.72 Å². The molecule has 168 valence electrons. The Labute approximate surface area is 191 Å². The molecule has 2 atom stereocenters. The summed E-state index contributed by atoms with van der Waals surface area (Å²) in [5.41, 5.74) is 1.32. The highest BCUT2D eigenvalue weighted by molar-refractivity contribution is 7.89. The fourth-order valence-corrected chi connectivity index (χ4v) is 6.58. The maximum Gasteiger partial charge on any atom is 0.254 e. The van der Waals surface area contributed by atoms with E-state index in [2.05, 4.69) is 4.72 Å². The lowest BCUT2D eigenvalue weighted by molar-refractivity contribution is 0.0735. The topological polar surface area (TPSA) is 88.6 Å². The lowest BCUT2D eigenvalue weighted by atomic mass is 10.1. The van der Waals surface area contributed by atoms with Gasteiger partial charge < -0.3 is 9.64 Å². The first-order valence-electron chi connectivity index (χ1n) is 10.9. The molecule has 2 aliphatic rings. The molecule has 3 aromatic rings. The summed E-state index contributed by atoms with van der Waals surface area (Å²) in [6.07, 6.45) is 3.46. The van der Waals surface area contributed by atoms with Gasteiger partial charge in [-0.15, -0.1) is 11.3 Å². The number of benzene rings is 2. The van der Waals surface area contributed by atoms with Crippen LogP contribution in [0.3, 0.4) is 0 Å². The number of sulfonamides is 1. The van der Waals surface area contributed by atoms with E-state index in [0.717, 1.165) is 40.9 Å². The van der Waals surface area contributed by atoms with Crippen molar-refractivity contribution in [2.24, 2.45) is 0 Å². The maximum atomic E-state index is 13.4. The average Bonchev–Trinajstić information content (AvgIpc) is 3.57. The molecule has 2 aliphatic heterocycles. The Morgan fingerprint density at radius 2 is 2.03 bits per heavy atom. The van der Waals surface area contributed by atoms with Gasteiger partial charge in [0.15, 0.2) is 0 Å². The largest absolute Gasteiger partial charge is 0.377 e. The lowest BCUT2D eigenvalue weighted by Gasteiger charge is -2.23. The Morgan fingerprint density at radius 3 is 2.84 bits per heavy atom. The number of ether oxygens (including phenoxy) is 1. The third kappa shape index (κ3) is 4.30. The van der Waals surface area contributed by atoms with Crippen LogP contribution in [0.5, 0.6) is 0 Å². The van der Waals surface area contributed by atoms with Crippen molar-refractivity contribution in [3.63, 3.8) is 0 Å². The average molecular weight is 472 g/mol. The van der Waals surface area contributed by atoms with Crippen LogP contribution in [0.15, 0.2) is 53.4 Å². The van der Waals surface area contributed by atoms with Gasteiger partial charge in [0.05, 0.1) is 27.3 Å². The van der Waals surface area contributed by atoms with Gasteiger partial charge in [-0.1, -0.05) is 18.2 Å². The summed E-state index contributed by atoms with van der Waals surface area (Å²) in [7, 11) is -3.72. The predicted molar refractivity (Wildman–Crippen MR) is 123 cm³/mol. The molecule has 9 heteroatoms. The molecule has 5 rings (SSSR count). The first-order chi connectivity index (χ1) is 15.5. The number of nitrogens with one attached hydrogen (secondary N) is 1. The standard InChI is InChI=1S/C23H25N3O4S2/c27-23(26-12-4-10-20(26)22-25-19-9-1-2-11-21(19)31-22)16-6-3-8-18(14-16)32(28,29)24-15-17-7-5-13-30-17/h1-3,6,8-9,11,14,17,20,24H,4-5,7,10,12-13,15H2/t17-,20-/m1/s1. The Hall–Kier alpha value is -2.33. The van der Waals surface area contributed by atoms with Crippen molar-refractivity contribution in [1.29, 1.82) is 0 Å². The van der Waals surface area contributed by atoms with E-state index in [1.807, 2.05) is 29.2 Å². The van der Waals surface area contributed by atoms with Gasteiger partial charge in [0, 0.05) is 25.3 Å². The molecular formula is C23H25N3O4S2. The van der Waals surface area contributed by atoms with Crippen LogP contribution in [0.1, 0.15) is 47.1 Å². The van der Waals surface area contributed by atoms with Gasteiger partial charge in [-0.25, -0.2) is 18.1 Å². The van der Waals surface area contributed by atoms with Crippen LogP contribution in [0, 0.1) is 0 Å².